The molecule has 1 aromatic heterocycles. The fourth-order valence-electron chi connectivity index (χ4n) is 2.80. The summed E-state index contributed by atoms with van der Waals surface area (Å²) in [6, 6.07) is 10.4. The molecular formula is C16H19ClN2. The van der Waals surface area contributed by atoms with Crippen molar-refractivity contribution in [3.8, 4) is 0 Å². The number of aromatic nitrogens is 1. The number of para-hydroxylation sites is 1. The van der Waals surface area contributed by atoms with E-state index in [9.17, 15) is 0 Å². The Labute approximate surface area is 119 Å². The van der Waals surface area contributed by atoms with Crippen molar-refractivity contribution in [3.05, 3.63) is 35.9 Å². The van der Waals surface area contributed by atoms with Gasteiger partial charge in [0.25, 0.3) is 0 Å². The second kappa shape index (κ2) is 5.79. The Hall–Kier alpha value is -1.28. The number of halogens is 1. The third-order valence-electron chi connectivity index (χ3n) is 3.86. The van der Waals surface area contributed by atoms with Crippen molar-refractivity contribution in [2.45, 2.75) is 31.6 Å². The quantitative estimate of drug-likeness (QED) is 0.757. The first-order chi connectivity index (χ1) is 9.38. The summed E-state index contributed by atoms with van der Waals surface area (Å²) >= 11 is 6.10. The average molecular weight is 275 g/mol. The molecule has 1 aromatic carbocycles. The van der Waals surface area contributed by atoms with Gasteiger partial charge in [-0.3, -0.25) is 0 Å². The van der Waals surface area contributed by atoms with E-state index < -0.39 is 0 Å². The van der Waals surface area contributed by atoms with Gasteiger partial charge in [0.1, 0.15) is 5.82 Å². The van der Waals surface area contributed by atoms with Gasteiger partial charge in [-0.1, -0.05) is 31.0 Å². The highest BCUT2D eigenvalue weighted by molar-refractivity contribution is 6.18. The summed E-state index contributed by atoms with van der Waals surface area (Å²) in [5, 5.41) is 1.18. The Kier molecular flexibility index (Phi) is 3.88. The maximum absolute atomic E-state index is 6.10. The summed E-state index contributed by atoms with van der Waals surface area (Å²) in [6.07, 6.45) is 5.22. The van der Waals surface area contributed by atoms with Gasteiger partial charge >= 0.3 is 0 Å². The van der Waals surface area contributed by atoms with Crippen LogP contribution in [0.1, 0.15) is 31.2 Å². The van der Waals surface area contributed by atoms with Crippen molar-refractivity contribution in [1.29, 1.82) is 0 Å². The Balaban J connectivity index is 2.03. The van der Waals surface area contributed by atoms with Gasteiger partial charge in [0.05, 0.1) is 5.52 Å². The molecule has 0 amide bonds. The molecule has 0 atom stereocenters. The van der Waals surface area contributed by atoms with Crippen LogP contribution < -0.4 is 4.90 Å². The lowest BCUT2D eigenvalue weighted by Crippen LogP contribution is -2.25. The van der Waals surface area contributed by atoms with Crippen LogP contribution in [0.15, 0.2) is 30.3 Å². The molecule has 3 rings (SSSR count). The Morgan fingerprint density at radius 3 is 2.53 bits per heavy atom. The van der Waals surface area contributed by atoms with Gasteiger partial charge in [0.2, 0.25) is 0 Å². The molecule has 1 aliphatic rings. The highest BCUT2D eigenvalue weighted by Gasteiger charge is 2.13. The topological polar surface area (TPSA) is 16.1 Å². The van der Waals surface area contributed by atoms with Crippen molar-refractivity contribution in [3.63, 3.8) is 0 Å². The third-order valence-corrected chi connectivity index (χ3v) is 4.15. The number of alkyl halides is 1. The van der Waals surface area contributed by atoms with E-state index in [1.165, 1.54) is 36.6 Å². The number of anilines is 1. The first-order valence-corrected chi connectivity index (χ1v) is 7.61. The fourth-order valence-corrected chi connectivity index (χ4v) is 3.03. The van der Waals surface area contributed by atoms with E-state index in [2.05, 4.69) is 23.1 Å². The molecule has 1 saturated heterocycles. The van der Waals surface area contributed by atoms with Crippen LogP contribution in [0.25, 0.3) is 10.9 Å². The molecule has 2 aromatic rings. The minimum atomic E-state index is 0.546. The monoisotopic (exact) mass is 274 g/mol. The maximum atomic E-state index is 6.10. The van der Waals surface area contributed by atoms with Crippen LogP contribution in [0, 0.1) is 0 Å². The van der Waals surface area contributed by atoms with E-state index >= 15 is 0 Å². The lowest BCUT2D eigenvalue weighted by Gasteiger charge is -2.22. The number of rotatable bonds is 2. The van der Waals surface area contributed by atoms with Gasteiger partial charge in [-0.15, -0.1) is 11.6 Å². The van der Waals surface area contributed by atoms with Crippen LogP contribution in [0.3, 0.4) is 0 Å². The molecule has 1 fully saturated rings. The summed E-state index contributed by atoms with van der Waals surface area (Å²) in [5.41, 5.74) is 2.24. The molecule has 0 saturated carbocycles. The third kappa shape index (κ3) is 2.69. The summed E-state index contributed by atoms with van der Waals surface area (Å²) in [5.74, 6) is 1.64. The molecule has 0 aliphatic carbocycles. The Bertz CT molecular complexity index is 560. The van der Waals surface area contributed by atoms with Gasteiger partial charge in [-0.25, -0.2) is 4.98 Å². The van der Waals surface area contributed by atoms with E-state index in [4.69, 9.17) is 16.6 Å². The molecule has 1 aliphatic heterocycles. The predicted molar refractivity (Wildman–Crippen MR) is 82.0 cm³/mol. The molecule has 0 spiro atoms. The molecule has 0 radical (unpaired) electrons. The number of benzene rings is 1. The molecule has 19 heavy (non-hydrogen) atoms. The van der Waals surface area contributed by atoms with Gasteiger partial charge < -0.3 is 4.90 Å². The summed E-state index contributed by atoms with van der Waals surface area (Å²) in [4.78, 5) is 7.23. The second-order valence-electron chi connectivity index (χ2n) is 5.19. The molecule has 3 heteroatoms. The van der Waals surface area contributed by atoms with Gasteiger partial charge in [0.15, 0.2) is 0 Å². The van der Waals surface area contributed by atoms with Crippen molar-refractivity contribution in [1.82, 2.24) is 4.98 Å². The van der Waals surface area contributed by atoms with E-state index in [-0.39, 0.29) is 0 Å². The van der Waals surface area contributed by atoms with Crippen LogP contribution in [0.4, 0.5) is 5.82 Å². The summed E-state index contributed by atoms with van der Waals surface area (Å²) < 4.78 is 0. The van der Waals surface area contributed by atoms with E-state index in [1.807, 2.05) is 12.1 Å². The zero-order valence-corrected chi connectivity index (χ0v) is 11.9. The van der Waals surface area contributed by atoms with Crippen LogP contribution in [-0.4, -0.2) is 18.1 Å². The van der Waals surface area contributed by atoms with Crippen molar-refractivity contribution in [2.24, 2.45) is 0 Å². The van der Waals surface area contributed by atoms with Crippen molar-refractivity contribution in [2.75, 3.05) is 18.0 Å². The molecule has 2 nitrogen and oxygen atoms in total. The van der Waals surface area contributed by atoms with Crippen LogP contribution in [0.2, 0.25) is 0 Å². The molecule has 2 heterocycles. The molecule has 0 bridgehead atoms. The molecule has 0 N–H and O–H groups in total. The molecule has 100 valence electrons. The zero-order valence-electron chi connectivity index (χ0n) is 11.1. The van der Waals surface area contributed by atoms with Crippen molar-refractivity contribution >= 4 is 28.3 Å². The number of pyridine rings is 1. The van der Waals surface area contributed by atoms with E-state index in [1.54, 1.807) is 0 Å². The lowest BCUT2D eigenvalue weighted by molar-refractivity contribution is 0.726. The number of hydrogen-bond acceptors (Lipinski definition) is 2. The number of fused-ring (bicyclic) bond motifs is 1. The van der Waals surface area contributed by atoms with Gasteiger partial charge in [-0.2, -0.15) is 0 Å². The number of nitrogens with zero attached hydrogens (tertiary/aromatic N) is 2. The van der Waals surface area contributed by atoms with Gasteiger partial charge in [-0.05, 0) is 30.5 Å². The summed E-state index contributed by atoms with van der Waals surface area (Å²) in [7, 11) is 0. The normalized spacial score (nSPS) is 16.6. The first kappa shape index (κ1) is 12.7. The van der Waals surface area contributed by atoms with Crippen LogP contribution >= 0.6 is 11.6 Å². The zero-order chi connectivity index (χ0) is 13.1. The van der Waals surface area contributed by atoms with Crippen LogP contribution in [-0.2, 0) is 5.88 Å². The highest BCUT2D eigenvalue weighted by atomic mass is 35.5. The minimum Gasteiger partial charge on any atom is -0.357 e. The minimum absolute atomic E-state index is 0.546. The highest BCUT2D eigenvalue weighted by Crippen LogP contribution is 2.25. The Morgan fingerprint density at radius 2 is 1.79 bits per heavy atom. The van der Waals surface area contributed by atoms with E-state index in [0.717, 1.165) is 24.4 Å². The maximum Gasteiger partial charge on any atom is 0.129 e. The second-order valence-corrected chi connectivity index (χ2v) is 5.46. The fraction of sp³-hybridized carbons (Fsp3) is 0.438. The number of hydrogen-bond donors (Lipinski definition) is 0. The van der Waals surface area contributed by atoms with Crippen LogP contribution in [0.5, 0.6) is 0 Å². The smallest absolute Gasteiger partial charge is 0.129 e. The summed E-state index contributed by atoms with van der Waals surface area (Å²) in [6.45, 7) is 2.24. The Morgan fingerprint density at radius 1 is 1.05 bits per heavy atom. The predicted octanol–water partition coefficient (Wildman–Crippen LogP) is 4.35. The first-order valence-electron chi connectivity index (χ1n) is 7.08. The average Bonchev–Trinajstić information content (AvgIpc) is 2.75. The SMILES string of the molecule is ClCc1cc(N2CCCCCC2)nc2ccccc12. The largest absolute Gasteiger partial charge is 0.357 e. The van der Waals surface area contributed by atoms with E-state index in [0.29, 0.717) is 5.88 Å². The lowest BCUT2D eigenvalue weighted by atomic mass is 10.1. The van der Waals surface area contributed by atoms with Crippen molar-refractivity contribution < 1.29 is 0 Å². The standard InChI is InChI=1S/C16H19ClN2/c17-12-13-11-16(19-9-5-1-2-6-10-19)18-15-8-4-3-7-14(13)15/h3-4,7-8,11H,1-2,5-6,9-10,12H2. The molecular weight excluding hydrogens is 256 g/mol. The van der Waals surface area contributed by atoms with Gasteiger partial charge in [0, 0.05) is 24.4 Å². The molecule has 0 unspecified atom stereocenters.